The number of anilines is 2. The quantitative estimate of drug-likeness (QED) is 0.760. The van der Waals surface area contributed by atoms with Crippen LogP contribution in [0.15, 0.2) is 42.5 Å². The van der Waals surface area contributed by atoms with Gasteiger partial charge in [0.05, 0.1) is 15.7 Å². The molecule has 0 atom stereocenters. The van der Waals surface area contributed by atoms with Crippen LogP contribution < -0.4 is 10.2 Å². The molecule has 1 fully saturated rings. The normalized spacial score (nSPS) is 14.6. The van der Waals surface area contributed by atoms with Crippen molar-refractivity contribution in [3.63, 3.8) is 0 Å². The predicted molar refractivity (Wildman–Crippen MR) is 103 cm³/mol. The fourth-order valence-electron chi connectivity index (χ4n) is 2.64. The predicted octanol–water partition coefficient (Wildman–Crippen LogP) is 4.65. The molecule has 3 nitrogen and oxygen atoms in total. The van der Waals surface area contributed by atoms with E-state index in [2.05, 4.69) is 15.1 Å². The fourth-order valence-corrected chi connectivity index (χ4v) is 3.31. The first-order valence-corrected chi connectivity index (χ1v) is 8.71. The zero-order valence-electron chi connectivity index (χ0n) is 12.8. The van der Waals surface area contributed by atoms with Crippen LogP contribution in [-0.4, -0.2) is 36.2 Å². The lowest BCUT2D eigenvalue weighted by molar-refractivity contribution is 0.391. The molecule has 2 aromatic rings. The first kappa shape index (κ1) is 17.3. The molecule has 0 aliphatic carbocycles. The van der Waals surface area contributed by atoms with Gasteiger partial charge >= 0.3 is 0 Å². The highest BCUT2D eigenvalue weighted by Crippen LogP contribution is 2.26. The van der Waals surface area contributed by atoms with E-state index in [0.29, 0.717) is 10.8 Å². The number of para-hydroxylation sites is 1. The van der Waals surface area contributed by atoms with E-state index < -0.39 is 5.82 Å². The maximum atomic E-state index is 13.5. The smallest absolute Gasteiger partial charge is 0.173 e. The number of benzene rings is 2. The molecule has 0 saturated carbocycles. The van der Waals surface area contributed by atoms with Gasteiger partial charge in [-0.05, 0) is 42.5 Å². The van der Waals surface area contributed by atoms with E-state index in [-0.39, 0.29) is 5.02 Å². The second-order valence-corrected chi connectivity index (χ2v) is 6.69. The van der Waals surface area contributed by atoms with Gasteiger partial charge in [-0.3, -0.25) is 0 Å². The van der Waals surface area contributed by atoms with Gasteiger partial charge < -0.3 is 15.1 Å². The van der Waals surface area contributed by atoms with Crippen LogP contribution >= 0.6 is 35.4 Å². The third-order valence-corrected chi connectivity index (χ3v) is 4.92. The number of halogens is 3. The second-order valence-electron chi connectivity index (χ2n) is 5.48. The van der Waals surface area contributed by atoms with Crippen molar-refractivity contribution in [2.24, 2.45) is 0 Å². The number of nitrogens with zero attached hydrogens (tertiary/aromatic N) is 2. The van der Waals surface area contributed by atoms with Gasteiger partial charge in [-0.25, -0.2) is 4.39 Å². The van der Waals surface area contributed by atoms with Crippen LogP contribution in [-0.2, 0) is 0 Å². The Balaban J connectivity index is 1.59. The van der Waals surface area contributed by atoms with Crippen LogP contribution in [0.2, 0.25) is 10.0 Å². The van der Waals surface area contributed by atoms with Crippen LogP contribution in [0.3, 0.4) is 0 Å². The summed E-state index contributed by atoms with van der Waals surface area (Å²) in [6, 6.07) is 12.4. The van der Waals surface area contributed by atoms with Crippen molar-refractivity contribution in [3.05, 3.63) is 58.3 Å². The Morgan fingerprint density at radius 1 is 1.00 bits per heavy atom. The van der Waals surface area contributed by atoms with Crippen LogP contribution in [0.25, 0.3) is 0 Å². The lowest BCUT2D eigenvalue weighted by Crippen LogP contribution is -2.50. The SMILES string of the molecule is Fc1cc(NC(=S)N2CCN(c3ccccc3Cl)CC2)ccc1Cl. The van der Waals surface area contributed by atoms with Crippen molar-refractivity contribution in [3.8, 4) is 0 Å². The Morgan fingerprint density at radius 2 is 1.71 bits per heavy atom. The van der Waals surface area contributed by atoms with Crippen molar-refractivity contribution in [2.45, 2.75) is 0 Å². The summed E-state index contributed by atoms with van der Waals surface area (Å²) in [5, 5.41) is 4.49. The molecule has 1 N–H and O–H groups in total. The van der Waals surface area contributed by atoms with Gasteiger partial charge in [0.2, 0.25) is 0 Å². The number of piperazine rings is 1. The maximum Gasteiger partial charge on any atom is 0.173 e. The summed E-state index contributed by atoms with van der Waals surface area (Å²) in [4.78, 5) is 4.30. The van der Waals surface area contributed by atoms with Gasteiger partial charge in [-0.1, -0.05) is 35.3 Å². The first-order valence-electron chi connectivity index (χ1n) is 7.55. The zero-order valence-corrected chi connectivity index (χ0v) is 15.1. The standard InChI is InChI=1S/C17H16Cl2FN3S/c18-13-6-5-12(11-15(13)20)21-17(24)23-9-7-22(8-10-23)16-4-2-1-3-14(16)19/h1-6,11H,7-10H2,(H,21,24). The average molecular weight is 384 g/mol. The molecule has 0 radical (unpaired) electrons. The lowest BCUT2D eigenvalue weighted by atomic mass is 10.2. The van der Waals surface area contributed by atoms with E-state index in [1.54, 1.807) is 6.07 Å². The third kappa shape index (κ3) is 3.91. The van der Waals surface area contributed by atoms with E-state index >= 15 is 0 Å². The molecule has 24 heavy (non-hydrogen) atoms. The second kappa shape index (κ2) is 7.55. The molecule has 0 spiro atoms. The zero-order chi connectivity index (χ0) is 17.1. The molecule has 1 aliphatic rings. The first-order chi connectivity index (χ1) is 11.5. The number of thiocarbonyl (C=S) groups is 1. The largest absolute Gasteiger partial charge is 0.367 e. The van der Waals surface area contributed by atoms with E-state index in [9.17, 15) is 4.39 Å². The van der Waals surface area contributed by atoms with Crippen molar-refractivity contribution in [2.75, 3.05) is 36.4 Å². The average Bonchev–Trinajstić information content (AvgIpc) is 2.59. The lowest BCUT2D eigenvalue weighted by Gasteiger charge is -2.37. The summed E-state index contributed by atoms with van der Waals surface area (Å²) >= 11 is 17.4. The number of rotatable bonds is 2. The van der Waals surface area contributed by atoms with Gasteiger partial charge in [0.15, 0.2) is 5.11 Å². The number of nitrogens with one attached hydrogen (secondary N) is 1. The molecule has 0 bridgehead atoms. The van der Waals surface area contributed by atoms with Crippen molar-refractivity contribution >= 4 is 51.9 Å². The summed E-state index contributed by atoms with van der Waals surface area (Å²) in [6.07, 6.45) is 0. The van der Waals surface area contributed by atoms with E-state index in [1.165, 1.54) is 12.1 Å². The number of hydrogen-bond donors (Lipinski definition) is 1. The van der Waals surface area contributed by atoms with Crippen LogP contribution in [0.5, 0.6) is 0 Å². The minimum Gasteiger partial charge on any atom is -0.367 e. The molecule has 0 aromatic heterocycles. The van der Waals surface area contributed by atoms with Gasteiger partial charge in [-0.15, -0.1) is 0 Å². The highest BCUT2D eigenvalue weighted by Gasteiger charge is 2.20. The molecular formula is C17H16Cl2FN3S. The summed E-state index contributed by atoms with van der Waals surface area (Å²) < 4.78 is 13.5. The minimum atomic E-state index is -0.465. The van der Waals surface area contributed by atoms with Crippen LogP contribution in [0, 0.1) is 5.82 Å². The summed E-state index contributed by atoms with van der Waals surface area (Å²) in [6.45, 7) is 3.18. The van der Waals surface area contributed by atoms with Crippen LogP contribution in [0.1, 0.15) is 0 Å². The van der Waals surface area contributed by atoms with Gasteiger partial charge in [0, 0.05) is 31.9 Å². The third-order valence-electron chi connectivity index (χ3n) is 3.93. The van der Waals surface area contributed by atoms with E-state index in [1.807, 2.05) is 24.3 Å². The molecular weight excluding hydrogens is 368 g/mol. The molecule has 2 aromatic carbocycles. The highest BCUT2D eigenvalue weighted by molar-refractivity contribution is 7.80. The summed E-state index contributed by atoms with van der Waals surface area (Å²) in [5.41, 5.74) is 1.63. The summed E-state index contributed by atoms with van der Waals surface area (Å²) in [5.74, 6) is -0.465. The van der Waals surface area contributed by atoms with E-state index in [0.717, 1.165) is 36.9 Å². The molecule has 1 aliphatic heterocycles. The van der Waals surface area contributed by atoms with Gasteiger partial charge in [0.1, 0.15) is 5.82 Å². The molecule has 1 saturated heterocycles. The van der Waals surface area contributed by atoms with Gasteiger partial charge in [-0.2, -0.15) is 0 Å². The maximum absolute atomic E-state index is 13.5. The van der Waals surface area contributed by atoms with E-state index in [4.69, 9.17) is 35.4 Å². The van der Waals surface area contributed by atoms with Crippen molar-refractivity contribution < 1.29 is 4.39 Å². The van der Waals surface area contributed by atoms with Crippen LogP contribution in [0.4, 0.5) is 15.8 Å². The Kier molecular flexibility index (Phi) is 5.43. The molecule has 3 rings (SSSR count). The molecule has 1 heterocycles. The minimum absolute atomic E-state index is 0.0971. The summed E-state index contributed by atoms with van der Waals surface area (Å²) in [7, 11) is 0. The molecule has 7 heteroatoms. The van der Waals surface area contributed by atoms with Gasteiger partial charge in [0.25, 0.3) is 0 Å². The molecule has 126 valence electrons. The highest BCUT2D eigenvalue weighted by atomic mass is 35.5. The Labute approximate surface area is 156 Å². The van der Waals surface area contributed by atoms with Crippen molar-refractivity contribution in [1.82, 2.24) is 4.90 Å². The fraction of sp³-hybridized carbons (Fsp3) is 0.235. The number of hydrogen-bond acceptors (Lipinski definition) is 2. The monoisotopic (exact) mass is 383 g/mol. The van der Waals surface area contributed by atoms with Crippen molar-refractivity contribution in [1.29, 1.82) is 0 Å². The Hall–Kier alpha value is -1.56. The Morgan fingerprint density at radius 3 is 2.38 bits per heavy atom. The molecule has 0 amide bonds. The Bertz CT molecular complexity index is 748. The topological polar surface area (TPSA) is 18.5 Å². The molecule has 0 unspecified atom stereocenters.